The van der Waals surface area contributed by atoms with E-state index in [9.17, 15) is 5.11 Å². The van der Waals surface area contributed by atoms with Crippen LogP contribution in [0.2, 0.25) is 0 Å². The van der Waals surface area contributed by atoms with Gasteiger partial charge in [0.2, 0.25) is 6.41 Å². The van der Waals surface area contributed by atoms with E-state index in [2.05, 4.69) is 17.3 Å². The van der Waals surface area contributed by atoms with Gasteiger partial charge in [0.05, 0.1) is 5.52 Å². The SMILES string of the molecule is C=Cc1nc2ccccc2cc1O.NC=O. The Hall–Kier alpha value is -2.36. The summed E-state index contributed by atoms with van der Waals surface area (Å²) < 4.78 is 0. The maximum Gasteiger partial charge on any atom is 0.204 e. The molecule has 0 fully saturated rings. The summed E-state index contributed by atoms with van der Waals surface area (Å²) in [5.74, 6) is 0.175. The first-order chi connectivity index (χ1) is 7.72. The van der Waals surface area contributed by atoms with E-state index in [0.29, 0.717) is 5.69 Å². The predicted molar refractivity (Wildman–Crippen MR) is 63.8 cm³/mol. The summed E-state index contributed by atoms with van der Waals surface area (Å²) in [5, 5.41) is 10.4. The number of aromatic hydroxyl groups is 1. The van der Waals surface area contributed by atoms with Crippen molar-refractivity contribution >= 4 is 23.4 Å². The number of primary amides is 1. The molecule has 0 bridgehead atoms. The van der Waals surface area contributed by atoms with E-state index in [1.165, 1.54) is 0 Å². The number of carbonyl (C=O) groups is 1. The molecular weight excluding hydrogens is 204 g/mol. The first-order valence-electron chi connectivity index (χ1n) is 4.59. The van der Waals surface area contributed by atoms with Crippen molar-refractivity contribution in [3.63, 3.8) is 0 Å². The van der Waals surface area contributed by atoms with Crippen LogP contribution in [0, 0.1) is 0 Å². The first kappa shape index (κ1) is 11.7. The molecule has 0 spiro atoms. The molecule has 2 aromatic rings. The van der Waals surface area contributed by atoms with Gasteiger partial charge in [0.25, 0.3) is 0 Å². The maximum atomic E-state index is 9.47. The van der Waals surface area contributed by atoms with Crippen LogP contribution in [0.4, 0.5) is 0 Å². The second-order valence-corrected chi connectivity index (χ2v) is 2.93. The molecule has 0 radical (unpaired) electrons. The van der Waals surface area contributed by atoms with Crippen molar-refractivity contribution in [1.29, 1.82) is 0 Å². The topological polar surface area (TPSA) is 76.2 Å². The summed E-state index contributed by atoms with van der Waals surface area (Å²) in [7, 11) is 0. The van der Waals surface area contributed by atoms with Gasteiger partial charge in [-0.2, -0.15) is 0 Å². The molecule has 0 atom stereocenters. The van der Waals surface area contributed by atoms with E-state index in [4.69, 9.17) is 4.79 Å². The smallest absolute Gasteiger partial charge is 0.204 e. The van der Waals surface area contributed by atoms with Gasteiger partial charge in [-0.15, -0.1) is 0 Å². The number of amides is 1. The molecule has 0 unspecified atom stereocenters. The van der Waals surface area contributed by atoms with Gasteiger partial charge in [-0.25, -0.2) is 4.98 Å². The van der Waals surface area contributed by atoms with Crippen molar-refractivity contribution in [2.75, 3.05) is 0 Å². The Morgan fingerprint density at radius 1 is 1.38 bits per heavy atom. The number of hydrogen-bond donors (Lipinski definition) is 2. The minimum atomic E-state index is 0.175. The molecule has 0 aliphatic rings. The highest BCUT2D eigenvalue weighted by atomic mass is 16.3. The Labute approximate surface area is 93.0 Å². The fourth-order valence-electron chi connectivity index (χ4n) is 1.27. The zero-order valence-corrected chi connectivity index (χ0v) is 8.63. The molecule has 82 valence electrons. The highest BCUT2D eigenvalue weighted by molar-refractivity contribution is 5.81. The van der Waals surface area contributed by atoms with Gasteiger partial charge in [-0.05, 0) is 18.2 Å². The van der Waals surface area contributed by atoms with Crippen LogP contribution in [0.25, 0.3) is 17.0 Å². The molecule has 0 saturated carbocycles. The molecule has 4 nitrogen and oxygen atoms in total. The molecule has 1 amide bonds. The number of rotatable bonds is 1. The number of para-hydroxylation sites is 1. The van der Waals surface area contributed by atoms with E-state index in [1.807, 2.05) is 24.3 Å². The van der Waals surface area contributed by atoms with Crippen molar-refractivity contribution in [3.05, 3.63) is 42.6 Å². The number of carbonyl (C=O) groups excluding carboxylic acids is 1. The van der Waals surface area contributed by atoms with E-state index < -0.39 is 0 Å². The summed E-state index contributed by atoms with van der Waals surface area (Å²) in [4.78, 5) is 12.8. The molecule has 3 N–H and O–H groups in total. The van der Waals surface area contributed by atoms with Crippen LogP contribution in [0.15, 0.2) is 36.9 Å². The van der Waals surface area contributed by atoms with Gasteiger partial charge in [0.1, 0.15) is 11.4 Å². The van der Waals surface area contributed by atoms with Crippen LogP contribution in [-0.4, -0.2) is 16.5 Å². The molecule has 1 heterocycles. The van der Waals surface area contributed by atoms with Crippen molar-refractivity contribution in [2.45, 2.75) is 0 Å². The molecule has 0 aliphatic carbocycles. The third-order valence-electron chi connectivity index (χ3n) is 1.93. The Bertz CT molecular complexity index is 509. The van der Waals surface area contributed by atoms with Crippen LogP contribution in [0.5, 0.6) is 5.75 Å². The number of pyridine rings is 1. The van der Waals surface area contributed by atoms with E-state index in [-0.39, 0.29) is 12.2 Å². The van der Waals surface area contributed by atoms with Crippen LogP contribution >= 0.6 is 0 Å². The third-order valence-corrected chi connectivity index (χ3v) is 1.93. The van der Waals surface area contributed by atoms with Gasteiger partial charge < -0.3 is 10.8 Å². The number of hydrogen-bond acceptors (Lipinski definition) is 3. The zero-order chi connectivity index (χ0) is 12.0. The van der Waals surface area contributed by atoms with Crippen molar-refractivity contribution < 1.29 is 9.90 Å². The van der Waals surface area contributed by atoms with Crippen LogP contribution < -0.4 is 5.73 Å². The molecular formula is C12H12N2O2. The van der Waals surface area contributed by atoms with Crippen molar-refractivity contribution in [2.24, 2.45) is 5.73 Å². The monoisotopic (exact) mass is 216 g/mol. The second kappa shape index (κ2) is 5.50. The normalized spacial score (nSPS) is 9.00. The number of aromatic nitrogens is 1. The fraction of sp³-hybridized carbons (Fsp3) is 0. The lowest BCUT2D eigenvalue weighted by Crippen LogP contribution is -1.83. The Morgan fingerprint density at radius 3 is 2.62 bits per heavy atom. The predicted octanol–water partition coefficient (Wildman–Crippen LogP) is 1.68. The second-order valence-electron chi connectivity index (χ2n) is 2.93. The first-order valence-corrected chi connectivity index (χ1v) is 4.59. The number of nitrogens with zero attached hydrogens (tertiary/aromatic N) is 1. The largest absolute Gasteiger partial charge is 0.506 e. The zero-order valence-electron chi connectivity index (χ0n) is 8.63. The van der Waals surface area contributed by atoms with E-state index in [0.717, 1.165) is 10.9 Å². The highest BCUT2D eigenvalue weighted by Crippen LogP contribution is 2.21. The lowest BCUT2D eigenvalue weighted by atomic mass is 10.2. The highest BCUT2D eigenvalue weighted by Gasteiger charge is 2.00. The lowest BCUT2D eigenvalue weighted by molar-refractivity contribution is -0.106. The molecule has 0 aliphatic heterocycles. The van der Waals surface area contributed by atoms with E-state index in [1.54, 1.807) is 12.1 Å². The van der Waals surface area contributed by atoms with Crippen LogP contribution in [0.1, 0.15) is 5.69 Å². The lowest BCUT2D eigenvalue weighted by Gasteiger charge is -2.00. The van der Waals surface area contributed by atoms with Gasteiger partial charge in [-0.3, -0.25) is 4.79 Å². The summed E-state index contributed by atoms with van der Waals surface area (Å²) >= 11 is 0. The molecule has 4 heteroatoms. The Morgan fingerprint density at radius 2 is 2.00 bits per heavy atom. The number of benzene rings is 1. The minimum Gasteiger partial charge on any atom is -0.506 e. The molecule has 16 heavy (non-hydrogen) atoms. The molecule has 0 saturated heterocycles. The fourth-order valence-corrected chi connectivity index (χ4v) is 1.27. The Balaban J connectivity index is 0.000000386. The summed E-state index contributed by atoms with van der Waals surface area (Å²) in [6.45, 7) is 3.58. The van der Waals surface area contributed by atoms with Crippen molar-refractivity contribution in [3.8, 4) is 5.75 Å². The summed E-state index contributed by atoms with van der Waals surface area (Å²) in [6.07, 6.45) is 1.79. The summed E-state index contributed by atoms with van der Waals surface area (Å²) in [5.41, 5.74) is 5.56. The maximum absolute atomic E-state index is 9.47. The van der Waals surface area contributed by atoms with Crippen molar-refractivity contribution in [1.82, 2.24) is 4.98 Å². The van der Waals surface area contributed by atoms with Gasteiger partial charge in [-0.1, -0.05) is 24.8 Å². The summed E-state index contributed by atoms with van der Waals surface area (Å²) in [6, 6.07) is 9.34. The Kier molecular flexibility index (Phi) is 4.03. The average molecular weight is 216 g/mol. The standard InChI is InChI=1S/C11H9NO.CH3NO/c1-2-9-11(13)7-8-5-3-4-6-10(8)12-9;2-1-3/h2-7,13H,1H2;1H,(H2,2,3). The molecule has 2 rings (SSSR count). The molecule has 1 aromatic heterocycles. The van der Waals surface area contributed by atoms with Gasteiger partial charge in [0.15, 0.2) is 0 Å². The van der Waals surface area contributed by atoms with E-state index >= 15 is 0 Å². The molecule has 1 aromatic carbocycles. The number of fused-ring (bicyclic) bond motifs is 1. The van der Waals surface area contributed by atoms with Crippen LogP contribution in [0.3, 0.4) is 0 Å². The van der Waals surface area contributed by atoms with Gasteiger partial charge in [0, 0.05) is 5.39 Å². The van der Waals surface area contributed by atoms with Crippen LogP contribution in [-0.2, 0) is 4.79 Å². The quantitative estimate of drug-likeness (QED) is 0.712. The average Bonchev–Trinajstić information content (AvgIpc) is 2.29. The van der Waals surface area contributed by atoms with Gasteiger partial charge >= 0.3 is 0 Å². The minimum absolute atomic E-state index is 0.175. The number of nitrogens with two attached hydrogens (primary N) is 1. The third kappa shape index (κ3) is 2.57.